The first kappa shape index (κ1) is 17.9. The molecule has 1 amide bonds. The Labute approximate surface area is 163 Å². The summed E-state index contributed by atoms with van der Waals surface area (Å²) in [6.07, 6.45) is 6.42. The Balaban J connectivity index is 1.62. The van der Waals surface area contributed by atoms with E-state index < -0.39 is 0 Å². The zero-order chi connectivity index (χ0) is 19.2. The standard InChI is InChI=1S/C21H21N5O2/c27-20(25-22-15-17-10-7-13-28-17)19-14-18(16-8-3-1-4-9-16)23-21(24-19)26-11-5-2-6-12-26/h1,3-4,7-10,13-15H,2,5-6,11-12H2,(H,25,27)/b22-15+. The molecule has 1 saturated heterocycles. The molecule has 1 aromatic carbocycles. The van der Waals surface area contributed by atoms with Gasteiger partial charge >= 0.3 is 0 Å². The third-order valence-electron chi connectivity index (χ3n) is 4.56. The lowest BCUT2D eigenvalue weighted by Crippen LogP contribution is -2.32. The summed E-state index contributed by atoms with van der Waals surface area (Å²) in [6, 6.07) is 15.0. The highest BCUT2D eigenvalue weighted by molar-refractivity contribution is 5.94. The molecule has 0 radical (unpaired) electrons. The van der Waals surface area contributed by atoms with Crippen molar-refractivity contribution in [2.75, 3.05) is 18.0 Å². The van der Waals surface area contributed by atoms with Crippen LogP contribution in [0.15, 0.2) is 64.3 Å². The van der Waals surface area contributed by atoms with E-state index in [9.17, 15) is 4.79 Å². The maximum atomic E-state index is 12.6. The van der Waals surface area contributed by atoms with Crippen LogP contribution in [0.1, 0.15) is 35.5 Å². The number of hydrogen-bond acceptors (Lipinski definition) is 6. The van der Waals surface area contributed by atoms with Crippen LogP contribution in [-0.4, -0.2) is 35.2 Å². The van der Waals surface area contributed by atoms with Gasteiger partial charge in [-0.15, -0.1) is 0 Å². The van der Waals surface area contributed by atoms with Gasteiger partial charge < -0.3 is 9.32 Å². The number of hydrogen-bond donors (Lipinski definition) is 1. The van der Waals surface area contributed by atoms with Crippen LogP contribution in [-0.2, 0) is 0 Å². The quantitative estimate of drug-likeness (QED) is 0.545. The minimum Gasteiger partial charge on any atom is -0.463 e. The fraction of sp³-hybridized carbons (Fsp3) is 0.238. The summed E-state index contributed by atoms with van der Waals surface area (Å²) in [7, 11) is 0. The Morgan fingerprint density at radius 2 is 1.89 bits per heavy atom. The Hall–Kier alpha value is -3.48. The molecule has 0 atom stereocenters. The average molecular weight is 375 g/mol. The van der Waals surface area contributed by atoms with Crippen molar-refractivity contribution in [1.82, 2.24) is 15.4 Å². The molecule has 142 valence electrons. The monoisotopic (exact) mass is 375 g/mol. The number of amides is 1. The maximum Gasteiger partial charge on any atom is 0.290 e. The molecule has 0 unspecified atom stereocenters. The molecule has 1 fully saturated rings. The van der Waals surface area contributed by atoms with Gasteiger partial charge in [-0.25, -0.2) is 15.4 Å². The van der Waals surface area contributed by atoms with Crippen molar-refractivity contribution >= 4 is 18.1 Å². The second-order valence-electron chi connectivity index (χ2n) is 6.57. The Bertz CT molecular complexity index is 948. The van der Waals surface area contributed by atoms with Crippen molar-refractivity contribution in [3.63, 3.8) is 0 Å². The summed E-state index contributed by atoms with van der Waals surface area (Å²) >= 11 is 0. The molecule has 2 aromatic heterocycles. The highest BCUT2D eigenvalue weighted by Crippen LogP contribution is 2.22. The smallest absolute Gasteiger partial charge is 0.290 e. The zero-order valence-electron chi connectivity index (χ0n) is 15.4. The molecule has 3 aromatic rings. The first-order chi connectivity index (χ1) is 13.8. The van der Waals surface area contributed by atoms with Crippen LogP contribution in [0.2, 0.25) is 0 Å². The van der Waals surface area contributed by atoms with Crippen LogP contribution < -0.4 is 10.3 Å². The lowest BCUT2D eigenvalue weighted by atomic mass is 10.1. The first-order valence-electron chi connectivity index (χ1n) is 9.36. The summed E-state index contributed by atoms with van der Waals surface area (Å²) in [4.78, 5) is 24.0. The van der Waals surface area contributed by atoms with E-state index in [1.54, 1.807) is 24.5 Å². The molecular formula is C21H21N5O2. The normalized spacial score (nSPS) is 14.4. The van der Waals surface area contributed by atoms with Gasteiger partial charge in [0.25, 0.3) is 5.91 Å². The number of benzene rings is 1. The van der Waals surface area contributed by atoms with Crippen molar-refractivity contribution in [1.29, 1.82) is 0 Å². The highest BCUT2D eigenvalue weighted by Gasteiger charge is 2.18. The van der Waals surface area contributed by atoms with Crippen molar-refractivity contribution < 1.29 is 9.21 Å². The van der Waals surface area contributed by atoms with Gasteiger partial charge in [0.05, 0.1) is 18.2 Å². The summed E-state index contributed by atoms with van der Waals surface area (Å²) in [5.41, 5.74) is 4.45. The second-order valence-corrected chi connectivity index (χ2v) is 6.57. The molecule has 0 bridgehead atoms. The molecule has 28 heavy (non-hydrogen) atoms. The van der Waals surface area contributed by atoms with Gasteiger partial charge in [-0.2, -0.15) is 5.10 Å². The number of nitrogens with zero attached hydrogens (tertiary/aromatic N) is 4. The fourth-order valence-electron chi connectivity index (χ4n) is 3.12. The number of nitrogens with one attached hydrogen (secondary N) is 1. The van der Waals surface area contributed by atoms with E-state index in [1.165, 1.54) is 12.6 Å². The second kappa shape index (κ2) is 8.47. The molecule has 1 N–H and O–H groups in total. The van der Waals surface area contributed by atoms with E-state index in [0.29, 0.717) is 11.7 Å². The van der Waals surface area contributed by atoms with Gasteiger partial charge in [0.2, 0.25) is 5.95 Å². The largest absolute Gasteiger partial charge is 0.463 e. The molecule has 3 heterocycles. The number of rotatable bonds is 5. The van der Waals surface area contributed by atoms with Crippen LogP contribution >= 0.6 is 0 Å². The summed E-state index contributed by atoms with van der Waals surface area (Å²) in [5.74, 6) is 0.754. The summed E-state index contributed by atoms with van der Waals surface area (Å²) in [5, 5.41) is 3.94. The lowest BCUT2D eigenvalue weighted by Gasteiger charge is -2.27. The van der Waals surface area contributed by atoms with Crippen LogP contribution in [0.5, 0.6) is 0 Å². The molecule has 0 saturated carbocycles. The SMILES string of the molecule is O=C(N/N=C/c1ccco1)c1cc(-c2ccccc2)nc(N2CCCCC2)n1. The van der Waals surface area contributed by atoms with Gasteiger partial charge in [-0.1, -0.05) is 30.3 Å². The predicted octanol–water partition coefficient (Wildman–Crippen LogP) is 3.49. The van der Waals surface area contributed by atoms with Gasteiger partial charge in [0.1, 0.15) is 11.5 Å². The van der Waals surface area contributed by atoms with E-state index in [4.69, 9.17) is 9.40 Å². The lowest BCUT2D eigenvalue weighted by molar-refractivity contribution is 0.0950. The van der Waals surface area contributed by atoms with Crippen LogP contribution in [0, 0.1) is 0 Å². The Kier molecular flexibility index (Phi) is 5.42. The van der Waals surface area contributed by atoms with Crippen LogP contribution in [0.4, 0.5) is 5.95 Å². The van der Waals surface area contributed by atoms with E-state index in [2.05, 4.69) is 20.4 Å². The number of carbonyl (C=O) groups is 1. The maximum absolute atomic E-state index is 12.6. The molecular weight excluding hydrogens is 354 g/mol. The number of anilines is 1. The van der Waals surface area contributed by atoms with Crippen molar-refractivity contribution in [2.45, 2.75) is 19.3 Å². The number of hydrazone groups is 1. The van der Waals surface area contributed by atoms with Crippen molar-refractivity contribution in [2.24, 2.45) is 5.10 Å². The summed E-state index contributed by atoms with van der Waals surface area (Å²) < 4.78 is 5.16. The van der Waals surface area contributed by atoms with Crippen molar-refractivity contribution in [3.8, 4) is 11.3 Å². The third-order valence-corrected chi connectivity index (χ3v) is 4.56. The van der Waals surface area contributed by atoms with Gasteiger partial charge in [0.15, 0.2) is 0 Å². The number of furan rings is 1. The molecule has 1 aliphatic rings. The van der Waals surface area contributed by atoms with Gasteiger partial charge in [-0.3, -0.25) is 4.79 Å². The minimum atomic E-state index is -0.388. The highest BCUT2D eigenvalue weighted by atomic mass is 16.3. The molecule has 4 rings (SSSR count). The number of carbonyl (C=O) groups excluding carboxylic acids is 1. The van der Waals surface area contributed by atoms with E-state index in [-0.39, 0.29) is 11.6 Å². The van der Waals surface area contributed by atoms with Crippen molar-refractivity contribution in [3.05, 3.63) is 66.2 Å². The third kappa shape index (κ3) is 4.25. The Morgan fingerprint density at radius 3 is 2.64 bits per heavy atom. The average Bonchev–Trinajstić information content (AvgIpc) is 3.28. The summed E-state index contributed by atoms with van der Waals surface area (Å²) in [6.45, 7) is 1.80. The van der Waals surface area contributed by atoms with Crippen LogP contribution in [0.25, 0.3) is 11.3 Å². The zero-order valence-corrected chi connectivity index (χ0v) is 15.4. The van der Waals surface area contributed by atoms with Crippen LogP contribution in [0.3, 0.4) is 0 Å². The molecule has 1 aliphatic heterocycles. The predicted molar refractivity (Wildman–Crippen MR) is 107 cm³/mol. The topological polar surface area (TPSA) is 83.6 Å². The number of aromatic nitrogens is 2. The van der Waals surface area contributed by atoms with E-state index in [1.807, 2.05) is 30.3 Å². The van der Waals surface area contributed by atoms with E-state index in [0.717, 1.165) is 37.2 Å². The first-order valence-corrected chi connectivity index (χ1v) is 9.36. The van der Waals surface area contributed by atoms with E-state index >= 15 is 0 Å². The Morgan fingerprint density at radius 1 is 1.07 bits per heavy atom. The minimum absolute atomic E-state index is 0.283. The van der Waals surface area contributed by atoms with Gasteiger partial charge in [-0.05, 0) is 37.5 Å². The molecule has 7 nitrogen and oxygen atoms in total. The fourth-order valence-corrected chi connectivity index (χ4v) is 3.12. The molecule has 7 heteroatoms. The van der Waals surface area contributed by atoms with Gasteiger partial charge in [0, 0.05) is 18.7 Å². The number of piperidine rings is 1. The molecule has 0 aliphatic carbocycles. The molecule has 0 spiro atoms.